The molecule has 0 amide bonds. The maximum atomic E-state index is 10.6. The average Bonchev–Trinajstić information content (AvgIpc) is 2.28. The molecule has 2 rings (SSSR count). The first kappa shape index (κ1) is 10.4. The molecule has 82 valence electrons. The van der Waals surface area contributed by atoms with Crippen LogP contribution in [0, 0.1) is 0 Å². The predicted molar refractivity (Wildman–Crippen MR) is 61.0 cm³/mol. The van der Waals surface area contributed by atoms with Gasteiger partial charge in [0.05, 0.1) is 17.4 Å². The number of nitrogens with one attached hydrogen (secondary N) is 1. The molecule has 16 heavy (non-hydrogen) atoms. The molecule has 1 aromatic heterocycles. The van der Waals surface area contributed by atoms with Gasteiger partial charge in [-0.1, -0.05) is 18.2 Å². The monoisotopic (exact) mass is 217 g/mol. The second-order valence-corrected chi connectivity index (χ2v) is 3.38. The van der Waals surface area contributed by atoms with Gasteiger partial charge < -0.3 is 16.2 Å². The van der Waals surface area contributed by atoms with Crippen molar-refractivity contribution in [3.63, 3.8) is 0 Å². The van der Waals surface area contributed by atoms with Crippen LogP contribution in [0.25, 0.3) is 10.9 Å². The molecule has 0 unspecified atom stereocenters. The number of aromatic nitrogens is 1. The highest BCUT2D eigenvalue weighted by molar-refractivity contribution is 5.83. The van der Waals surface area contributed by atoms with Crippen molar-refractivity contribution in [2.75, 3.05) is 5.32 Å². The van der Waals surface area contributed by atoms with Crippen LogP contribution in [0.2, 0.25) is 0 Å². The number of benzene rings is 1. The molecule has 5 heteroatoms. The van der Waals surface area contributed by atoms with Crippen molar-refractivity contribution < 1.29 is 9.90 Å². The van der Waals surface area contributed by atoms with Gasteiger partial charge in [-0.25, -0.2) is 4.79 Å². The maximum Gasteiger partial charge on any atom is 0.341 e. The molecule has 0 spiro atoms. The van der Waals surface area contributed by atoms with Crippen LogP contribution >= 0.6 is 0 Å². The summed E-state index contributed by atoms with van der Waals surface area (Å²) in [5, 5.41) is 12.2. The van der Waals surface area contributed by atoms with Gasteiger partial charge in [0.1, 0.15) is 0 Å². The zero-order valence-electron chi connectivity index (χ0n) is 8.42. The summed E-state index contributed by atoms with van der Waals surface area (Å²) in [6, 6.07) is 9.39. The molecule has 4 N–H and O–H groups in total. The molecular formula is C11H11N3O2. The van der Waals surface area contributed by atoms with Crippen molar-refractivity contribution >= 4 is 22.6 Å². The number of hydrogen-bond acceptors (Lipinski definition) is 4. The Bertz CT molecular complexity index is 527. The zero-order valence-corrected chi connectivity index (χ0v) is 8.42. The topological polar surface area (TPSA) is 88.2 Å². The zero-order chi connectivity index (χ0) is 11.5. The van der Waals surface area contributed by atoms with E-state index < -0.39 is 12.1 Å². The van der Waals surface area contributed by atoms with Gasteiger partial charge in [-0.15, -0.1) is 0 Å². The van der Waals surface area contributed by atoms with E-state index in [2.05, 4.69) is 10.3 Å². The number of anilines is 1. The third-order valence-electron chi connectivity index (χ3n) is 2.18. The van der Waals surface area contributed by atoms with Crippen LogP contribution in [0.4, 0.5) is 5.69 Å². The highest BCUT2D eigenvalue weighted by Crippen LogP contribution is 2.15. The molecule has 0 aliphatic heterocycles. The Kier molecular flexibility index (Phi) is 2.70. The van der Waals surface area contributed by atoms with E-state index in [4.69, 9.17) is 10.8 Å². The van der Waals surface area contributed by atoms with Crippen molar-refractivity contribution in [1.29, 1.82) is 0 Å². The fourth-order valence-electron chi connectivity index (χ4n) is 1.39. The van der Waals surface area contributed by atoms with Crippen LogP contribution in [-0.2, 0) is 4.79 Å². The molecule has 2 aromatic rings. The van der Waals surface area contributed by atoms with E-state index in [9.17, 15) is 4.79 Å². The number of rotatable bonds is 3. The molecule has 1 heterocycles. The highest BCUT2D eigenvalue weighted by Gasteiger charge is 2.10. The molecule has 0 fully saturated rings. The number of fused-ring (bicyclic) bond motifs is 1. The number of carbonyl (C=O) groups is 1. The minimum atomic E-state index is -1.12. The minimum Gasteiger partial charge on any atom is -0.479 e. The number of nitrogens with two attached hydrogens (primary N) is 1. The molecule has 0 saturated carbocycles. The van der Waals surface area contributed by atoms with Crippen molar-refractivity contribution in [2.24, 2.45) is 5.73 Å². The largest absolute Gasteiger partial charge is 0.479 e. The number of pyridine rings is 1. The summed E-state index contributed by atoms with van der Waals surface area (Å²) in [7, 11) is 0. The fourth-order valence-corrected chi connectivity index (χ4v) is 1.39. The van der Waals surface area contributed by atoms with Gasteiger partial charge in [0.25, 0.3) is 0 Å². The predicted octanol–water partition coefficient (Wildman–Crippen LogP) is 1.02. The van der Waals surface area contributed by atoms with E-state index >= 15 is 0 Å². The quantitative estimate of drug-likeness (QED) is 0.668. The third-order valence-corrected chi connectivity index (χ3v) is 2.18. The molecule has 0 aliphatic rings. The smallest absolute Gasteiger partial charge is 0.341 e. The Labute approximate surface area is 91.9 Å². The average molecular weight is 217 g/mol. The fraction of sp³-hybridized carbons (Fsp3) is 0.0909. The molecular weight excluding hydrogens is 206 g/mol. The van der Waals surface area contributed by atoms with E-state index in [1.54, 1.807) is 6.20 Å². The standard InChI is InChI=1S/C11H11N3O2/c12-10(11(15)16)14-8-5-7-3-1-2-4-9(7)13-6-8/h1-6,10,14H,12H2,(H,15,16)/t10-/m1/s1. The van der Waals surface area contributed by atoms with Gasteiger partial charge in [0.15, 0.2) is 6.17 Å². The van der Waals surface area contributed by atoms with Gasteiger partial charge in [-0.05, 0) is 12.1 Å². The van der Waals surface area contributed by atoms with Gasteiger partial charge in [-0.3, -0.25) is 4.98 Å². The maximum absolute atomic E-state index is 10.6. The van der Waals surface area contributed by atoms with Gasteiger partial charge in [0.2, 0.25) is 0 Å². The van der Waals surface area contributed by atoms with E-state index in [0.29, 0.717) is 5.69 Å². The van der Waals surface area contributed by atoms with Gasteiger partial charge in [-0.2, -0.15) is 0 Å². The Balaban J connectivity index is 2.29. The summed E-state index contributed by atoms with van der Waals surface area (Å²) >= 11 is 0. The van der Waals surface area contributed by atoms with E-state index in [1.807, 2.05) is 30.3 Å². The lowest BCUT2D eigenvalue weighted by Crippen LogP contribution is -2.37. The number of para-hydroxylation sites is 1. The second kappa shape index (κ2) is 4.16. The Morgan fingerprint density at radius 3 is 2.94 bits per heavy atom. The van der Waals surface area contributed by atoms with Crippen molar-refractivity contribution in [3.8, 4) is 0 Å². The summed E-state index contributed by atoms with van der Waals surface area (Å²) in [5.74, 6) is -1.10. The summed E-state index contributed by atoms with van der Waals surface area (Å²) in [6.07, 6.45) is 0.438. The lowest BCUT2D eigenvalue weighted by Gasteiger charge is -2.10. The van der Waals surface area contributed by atoms with E-state index in [0.717, 1.165) is 10.9 Å². The first-order valence-corrected chi connectivity index (χ1v) is 4.76. The second-order valence-electron chi connectivity index (χ2n) is 3.38. The van der Waals surface area contributed by atoms with Crippen molar-refractivity contribution in [3.05, 3.63) is 36.5 Å². The summed E-state index contributed by atoms with van der Waals surface area (Å²) < 4.78 is 0. The number of aliphatic carboxylic acids is 1. The number of hydrogen-bond donors (Lipinski definition) is 3. The van der Waals surface area contributed by atoms with Gasteiger partial charge >= 0.3 is 5.97 Å². The third kappa shape index (κ3) is 2.09. The van der Waals surface area contributed by atoms with Crippen molar-refractivity contribution in [2.45, 2.75) is 6.17 Å². The van der Waals surface area contributed by atoms with Crippen LogP contribution in [0.5, 0.6) is 0 Å². The molecule has 5 nitrogen and oxygen atoms in total. The molecule has 0 aliphatic carbocycles. The lowest BCUT2D eigenvalue weighted by atomic mass is 10.2. The van der Waals surface area contributed by atoms with Crippen LogP contribution in [0.1, 0.15) is 0 Å². The van der Waals surface area contributed by atoms with Crippen LogP contribution in [-0.4, -0.2) is 22.2 Å². The summed E-state index contributed by atoms with van der Waals surface area (Å²) in [6.45, 7) is 0. The Morgan fingerprint density at radius 1 is 1.44 bits per heavy atom. The normalized spacial score (nSPS) is 12.3. The summed E-state index contributed by atoms with van der Waals surface area (Å²) in [4.78, 5) is 14.7. The number of carboxylic acids is 1. The lowest BCUT2D eigenvalue weighted by molar-refractivity contribution is -0.137. The highest BCUT2D eigenvalue weighted by atomic mass is 16.4. The number of nitrogens with zero attached hydrogens (tertiary/aromatic N) is 1. The molecule has 0 saturated heterocycles. The van der Waals surface area contributed by atoms with Gasteiger partial charge in [0, 0.05) is 5.39 Å². The van der Waals surface area contributed by atoms with Crippen molar-refractivity contribution in [1.82, 2.24) is 4.98 Å². The minimum absolute atomic E-state index is 0.591. The molecule has 0 radical (unpaired) electrons. The summed E-state index contributed by atoms with van der Waals surface area (Å²) in [5.41, 5.74) is 6.80. The first-order chi connectivity index (χ1) is 7.66. The number of carboxylic acid groups (broad SMARTS) is 1. The molecule has 1 aromatic carbocycles. The van der Waals surface area contributed by atoms with E-state index in [-0.39, 0.29) is 0 Å². The van der Waals surface area contributed by atoms with Crippen LogP contribution in [0.15, 0.2) is 36.5 Å². The van der Waals surface area contributed by atoms with Crippen LogP contribution in [0.3, 0.4) is 0 Å². The Hall–Kier alpha value is -2.14. The SMILES string of the molecule is N[C@H](Nc1cnc2ccccc2c1)C(=O)O. The Morgan fingerprint density at radius 2 is 2.19 bits per heavy atom. The molecule has 0 bridgehead atoms. The first-order valence-electron chi connectivity index (χ1n) is 4.76. The van der Waals surface area contributed by atoms with E-state index in [1.165, 1.54) is 0 Å². The molecule has 1 atom stereocenters. The van der Waals surface area contributed by atoms with Crippen LogP contribution < -0.4 is 11.1 Å².